The molecule has 2 rings (SSSR count). The fraction of sp³-hybridized carbons (Fsp3) is 0.273. The molecule has 0 spiro atoms. The first-order chi connectivity index (χ1) is 6.92. The predicted molar refractivity (Wildman–Crippen MR) is 51.4 cm³/mol. The molecule has 3 heteroatoms. The number of aliphatic hydroxyl groups is 1. The van der Waals surface area contributed by atoms with Crippen LogP contribution < -0.4 is 9.47 Å². The molecule has 0 saturated heterocycles. The Morgan fingerprint density at radius 1 is 1.29 bits per heavy atom. The van der Waals surface area contributed by atoms with E-state index in [4.69, 9.17) is 14.6 Å². The number of para-hydroxylation sites is 1. The van der Waals surface area contributed by atoms with Gasteiger partial charge >= 0.3 is 0 Å². The molecule has 3 nitrogen and oxygen atoms in total. The van der Waals surface area contributed by atoms with Gasteiger partial charge in [0.1, 0.15) is 19.8 Å². The summed E-state index contributed by atoms with van der Waals surface area (Å²) in [6, 6.07) is 5.55. The quantitative estimate of drug-likeness (QED) is 0.615. The summed E-state index contributed by atoms with van der Waals surface area (Å²) in [5, 5.41) is 8.59. The molecule has 72 valence electrons. The SMILES string of the molecule is OCC#Cc1cccc2c1OCCO2. The molecule has 0 aliphatic carbocycles. The zero-order valence-corrected chi connectivity index (χ0v) is 7.62. The van der Waals surface area contributed by atoms with Crippen molar-refractivity contribution in [3.05, 3.63) is 23.8 Å². The van der Waals surface area contributed by atoms with Gasteiger partial charge in [0, 0.05) is 0 Å². The van der Waals surface area contributed by atoms with Crippen molar-refractivity contribution < 1.29 is 14.6 Å². The van der Waals surface area contributed by atoms with Crippen LogP contribution in [0.1, 0.15) is 5.56 Å². The Bertz CT molecular complexity index is 387. The lowest BCUT2D eigenvalue weighted by molar-refractivity contribution is 0.171. The van der Waals surface area contributed by atoms with Crippen LogP contribution in [0.25, 0.3) is 0 Å². The molecule has 1 aliphatic rings. The van der Waals surface area contributed by atoms with Crippen molar-refractivity contribution in [1.82, 2.24) is 0 Å². The molecule has 0 bridgehead atoms. The zero-order chi connectivity index (χ0) is 9.80. The molecule has 0 amide bonds. The van der Waals surface area contributed by atoms with Crippen LogP contribution in [0.4, 0.5) is 0 Å². The van der Waals surface area contributed by atoms with Gasteiger partial charge in [-0.15, -0.1) is 0 Å². The first kappa shape index (κ1) is 8.92. The second-order valence-electron chi connectivity index (χ2n) is 2.79. The summed E-state index contributed by atoms with van der Waals surface area (Å²) in [6.45, 7) is 0.971. The normalized spacial score (nSPS) is 12.9. The summed E-state index contributed by atoms with van der Waals surface area (Å²) >= 11 is 0. The lowest BCUT2D eigenvalue weighted by Gasteiger charge is -2.18. The van der Waals surface area contributed by atoms with E-state index in [-0.39, 0.29) is 6.61 Å². The Kier molecular flexibility index (Phi) is 2.57. The van der Waals surface area contributed by atoms with Gasteiger partial charge in [0.25, 0.3) is 0 Å². The molecule has 0 unspecified atom stereocenters. The highest BCUT2D eigenvalue weighted by Gasteiger charge is 2.13. The maximum absolute atomic E-state index is 8.59. The molecule has 0 atom stereocenters. The van der Waals surface area contributed by atoms with E-state index in [1.807, 2.05) is 18.2 Å². The summed E-state index contributed by atoms with van der Waals surface area (Å²) in [4.78, 5) is 0. The number of rotatable bonds is 0. The lowest BCUT2D eigenvalue weighted by atomic mass is 10.2. The Morgan fingerprint density at radius 3 is 3.00 bits per heavy atom. The minimum absolute atomic E-state index is 0.148. The fourth-order valence-electron chi connectivity index (χ4n) is 1.31. The summed E-state index contributed by atoms with van der Waals surface area (Å²) in [5.41, 5.74) is 0.760. The van der Waals surface area contributed by atoms with Crippen LogP contribution in [-0.4, -0.2) is 24.9 Å². The smallest absolute Gasteiger partial charge is 0.176 e. The van der Waals surface area contributed by atoms with Crippen molar-refractivity contribution >= 4 is 0 Å². The molecule has 0 fully saturated rings. The number of benzene rings is 1. The van der Waals surface area contributed by atoms with Crippen LogP contribution in [0.3, 0.4) is 0 Å². The third-order valence-corrected chi connectivity index (χ3v) is 1.87. The predicted octanol–water partition coefficient (Wildman–Crippen LogP) is 0.802. The van der Waals surface area contributed by atoms with Crippen LogP contribution >= 0.6 is 0 Å². The molecule has 1 aromatic rings. The van der Waals surface area contributed by atoms with Crippen molar-refractivity contribution in [2.45, 2.75) is 0 Å². The fourth-order valence-corrected chi connectivity index (χ4v) is 1.31. The van der Waals surface area contributed by atoms with Gasteiger partial charge in [0.15, 0.2) is 11.5 Å². The van der Waals surface area contributed by atoms with E-state index in [2.05, 4.69) is 11.8 Å². The molecule has 1 aromatic carbocycles. The van der Waals surface area contributed by atoms with E-state index < -0.39 is 0 Å². The van der Waals surface area contributed by atoms with Crippen molar-refractivity contribution in [2.75, 3.05) is 19.8 Å². The number of aliphatic hydroxyl groups excluding tert-OH is 1. The van der Waals surface area contributed by atoms with Gasteiger partial charge in [-0.2, -0.15) is 0 Å². The van der Waals surface area contributed by atoms with Gasteiger partial charge in [-0.25, -0.2) is 0 Å². The Balaban J connectivity index is 2.40. The van der Waals surface area contributed by atoms with Gasteiger partial charge in [-0.1, -0.05) is 17.9 Å². The van der Waals surface area contributed by atoms with Crippen LogP contribution in [-0.2, 0) is 0 Å². The first-order valence-electron chi connectivity index (χ1n) is 4.40. The van der Waals surface area contributed by atoms with E-state index in [1.165, 1.54) is 0 Å². The van der Waals surface area contributed by atoms with Crippen LogP contribution in [0, 0.1) is 11.8 Å². The molecule has 1 N–H and O–H groups in total. The van der Waals surface area contributed by atoms with E-state index >= 15 is 0 Å². The van der Waals surface area contributed by atoms with Gasteiger partial charge < -0.3 is 14.6 Å². The highest BCUT2D eigenvalue weighted by Crippen LogP contribution is 2.32. The second kappa shape index (κ2) is 4.03. The molecule has 1 heterocycles. The van der Waals surface area contributed by atoms with Crippen molar-refractivity contribution in [3.8, 4) is 23.3 Å². The van der Waals surface area contributed by atoms with Crippen molar-refractivity contribution in [1.29, 1.82) is 0 Å². The topological polar surface area (TPSA) is 38.7 Å². The third kappa shape index (κ3) is 1.66. The molecule has 14 heavy (non-hydrogen) atoms. The molecular formula is C11H10O3. The van der Waals surface area contributed by atoms with E-state index in [1.54, 1.807) is 0 Å². The summed E-state index contributed by atoms with van der Waals surface area (Å²) in [7, 11) is 0. The average molecular weight is 190 g/mol. The summed E-state index contributed by atoms with van der Waals surface area (Å²) in [6.07, 6.45) is 0. The summed E-state index contributed by atoms with van der Waals surface area (Å²) < 4.78 is 10.8. The van der Waals surface area contributed by atoms with E-state index in [9.17, 15) is 0 Å². The molecular weight excluding hydrogens is 180 g/mol. The molecule has 0 radical (unpaired) electrons. The molecule has 0 saturated carbocycles. The monoisotopic (exact) mass is 190 g/mol. The molecule has 1 aliphatic heterocycles. The van der Waals surface area contributed by atoms with E-state index in [0.29, 0.717) is 19.0 Å². The Labute approximate surface area is 82.3 Å². The number of hydrogen-bond donors (Lipinski definition) is 1. The third-order valence-electron chi connectivity index (χ3n) is 1.87. The largest absolute Gasteiger partial charge is 0.486 e. The minimum atomic E-state index is -0.148. The zero-order valence-electron chi connectivity index (χ0n) is 7.62. The highest BCUT2D eigenvalue weighted by molar-refractivity contribution is 5.54. The highest BCUT2D eigenvalue weighted by atomic mass is 16.6. The van der Waals surface area contributed by atoms with Crippen LogP contribution in [0.5, 0.6) is 11.5 Å². The van der Waals surface area contributed by atoms with Crippen LogP contribution in [0.15, 0.2) is 18.2 Å². The van der Waals surface area contributed by atoms with Crippen molar-refractivity contribution in [3.63, 3.8) is 0 Å². The standard InChI is InChI=1S/C11H10O3/c12-6-2-4-9-3-1-5-10-11(9)14-8-7-13-10/h1,3,5,12H,6-8H2. The van der Waals surface area contributed by atoms with Gasteiger partial charge in [-0.3, -0.25) is 0 Å². The Morgan fingerprint density at radius 2 is 2.14 bits per heavy atom. The number of hydrogen-bond acceptors (Lipinski definition) is 3. The van der Waals surface area contributed by atoms with E-state index in [0.717, 1.165) is 11.3 Å². The Hall–Kier alpha value is -1.66. The minimum Gasteiger partial charge on any atom is -0.486 e. The molecule has 0 aromatic heterocycles. The second-order valence-corrected chi connectivity index (χ2v) is 2.79. The average Bonchev–Trinajstić information content (AvgIpc) is 2.26. The lowest BCUT2D eigenvalue weighted by Crippen LogP contribution is -2.16. The van der Waals surface area contributed by atoms with Crippen LogP contribution in [0.2, 0.25) is 0 Å². The summed E-state index contributed by atoms with van der Waals surface area (Å²) in [5.74, 6) is 6.81. The van der Waals surface area contributed by atoms with Gasteiger partial charge in [0.2, 0.25) is 0 Å². The first-order valence-corrected chi connectivity index (χ1v) is 4.40. The maximum Gasteiger partial charge on any atom is 0.176 e. The maximum atomic E-state index is 8.59. The van der Waals surface area contributed by atoms with Gasteiger partial charge in [-0.05, 0) is 12.1 Å². The number of fused-ring (bicyclic) bond motifs is 1. The number of ether oxygens (including phenoxy) is 2. The van der Waals surface area contributed by atoms with Gasteiger partial charge in [0.05, 0.1) is 5.56 Å². The van der Waals surface area contributed by atoms with Crippen molar-refractivity contribution in [2.24, 2.45) is 0 Å².